The molecular formula is C12H20N4O. The summed E-state index contributed by atoms with van der Waals surface area (Å²) in [4.78, 5) is 19.7. The summed E-state index contributed by atoms with van der Waals surface area (Å²) in [5, 5.41) is 5.93. The Kier molecular flexibility index (Phi) is 4.57. The van der Waals surface area contributed by atoms with Gasteiger partial charge in [-0.2, -0.15) is 0 Å². The molecule has 1 rings (SSSR count). The first kappa shape index (κ1) is 13.6. The molecule has 1 aromatic heterocycles. The molecule has 0 spiro atoms. The molecule has 0 aliphatic rings. The zero-order chi connectivity index (χ0) is 12.9. The number of amides is 1. The summed E-state index contributed by atoms with van der Waals surface area (Å²) in [6.07, 6.45) is 1.69. The van der Waals surface area contributed by atoms with E-state index in [1.165, 1.54) is 0 Å². The maximum Gasteiger partial charge on any atom is 0.234 e. The van der Waals surface area contributed by atoms with Crippen molar-refractivity contribution in [3.8, 4) is 0 Å². The number of hydrogen-bond donors (Lipinski definition) is 2. The SMILES string of the molecule is Cc1nccc(CNC(=O)CNC(C)(C)C)n1. The van der Waals surface area contributed by atoms with Crippen molar-refractivity contribution in [2.24, 2.45) is 0 Å². The number of rotatable bonds is 4. The number of aromatic nitrogens is 2. The highest BCUT2D eigenvalue weighted by atomic mass is 16.1. The summed E-state index contributed by atoms with van der Waals surface area (Å²) in [5.41, 5.74) is 0.768. The Balaban J connectivity index is 2.33. The van der Waals surface area contributed by atoms with E-state index in [4.69, 9.17) is 0 Å². The van der Waals surface area contributed by atoms with E-state index in [0.29, 0.717) is 18.9 Å². The molecule has 0 saturated heterocycles. The van der Waals surface area contributed by atoms with Gasteiger partial charge >= 0.3 is 0 Å². The van der Waals surface area contributed by atoms with E-state index in [-0.39, 0.29) is 11.4 Å². The molecule has 94 valence electrons. The van der Waals surface area contributed by atoms with Crippen LogP contribution in [0.5, 0.6) is 0 Å². The summed E-state index contributed by atoms with van der Waals surface area (Å²) in [6, 6.07) is 1.80. The Morgan fingerprint density at radius 3 is 2.71 bits per heavy atom. The summed E-state index contributed by atoms with van der Waals surface area (Å²) in [7, 11) is 0. The molecule has 17 heavy (non-hydrogen) atoms. The van der Waals surface area contributed by atoms with Crippen molar-refractivity contribution >= 4 is 5.91 Å². The minimum absolute atomic E-state index is 0.0313. The molecule has 1 heterocycles. The second-order valence-electron chi connectivity index (χ2n) is 4.98. The quantitative estimate of drug-likeness (QED) is 0.811. The van der Waals surface area contributed by atoms with Crippen LogP contribution in [-0.4, -0.2) is 28.0 Å². The molecule has 0 aliphatic carbocycles. The minimum Gasteiger partial charge on any atom is -0.349 e. The van der Waals surface area contributed by atoms with E-state index in [0.717, 1.165) is 5.69 Å². The van der Waals surface area contributed by atoms with Gasteiger partial charge in [-0.05, 0) is 33.8 Å². The molecule has 0 saturated carbocycles. The molecule has 5 nitrogen and oxygen atoms in total. The van der Waals surface area contributed by atoms with Gasteiger partial charge in [0.2, 0.25) is 5.91 Å². The van der Waals surface area contributed by atoms with Gasteiger partial charge in [0.05, 0.1) is 18.8 Å². The molecule has 1 aromatic rings. The van der Waals surface area contributed by atoms with Gasteiger partial charge < -0.3 is 10.6 Å². The zero-order valence-electron chi connectivity index (χ0n) is 10.9. The van der Waals surface area contributed by atoms with Crippen LogP contribution in [0.25, 0.3) is 0 Å². The number of carbonyl (C=O) groups excluding carboxylic acids is 1. The highest BCUT2D eigenvalue weighted by Gasteiger charge is 2.10. The number of aryl methyl sites for hydroxylation is 1. The third-order valence-electron chi connectivity index (χ3n) is 2.08. The van der Waals surface area contributed by atoms with E-state index >= 15 is 0 Å². The lowest BCUT2D eigenvalue weighted by Crippen LogP contribution is -2.43. The smallest absolute Gasteiger partial charge is 0.234 e. The molecule has 0 fully saturated rings. The standard InChI is InChI=1S/C12H20N4O/c1-9-13-6-5-10(16-9)7-14-11(17)8-15-12(2,3)4/h5-6,15H,7-8H2,1-4H3,(H,14,17). The van der Waals surface area contributed by atoms with Crippen molar-refractivity contribution in [2.75, 3.05) is 6.54 Å². The number of hydrogen-bond acceptors (Lipinski definition) is 4. The van der Waals surface area contributed by atoms with Gasteiger partial charge in [0.15, 0.2) is 0 Å². The van der Waals surface area contributed by atoms with Gasteiger partial charge in [-0.25, -0.2) is 9.97 Å². The molecule has 0 aliphatic heterocycles. The van der Waals surface area contributed by atoms with E-state index in [1.807, 2.05) is 27.7 Å². The van der Waals surface area contributed by atoms with Crippen LogP contribution in [-0.2, 0) is 11.3 Å². The topological polar surface area (TPSA) is 66.9 Å². The number of nitrogens with one attached hydrogen (secondary N) is 2. The highest BCUT2D eigenvalue weighted by Crippen LogP contribution is 1.97. The van der Waals surface area contributed by atoms with Crippen molar-refractivity contribution in [3.63, 3.8) is 0 Å². The van der Waals surface area contributed by atoms with Gasteiger partial charge in [0.25, 0.3) is 0 Å². The Bertz CT molecular complexity index is 384. The van der Waals surface area contributed by atoms with Crippen molar-refractivity contribution < 1.29 is 4.79 Å². The normalized spacial score (nSPS) is 11.3. The summed E-state index contributed by atoms with van der Waals surface area (Å²) in [6.45, 7) is 8.64. The van der Waals surface area contributed by atoms with Crippen LogP contribution in [0.4, 0.5) is 0 Å². The number of carbonyl (C=O) groups is 1. The fourth-order valence-electron chi connectivity index (χ4n) is 1.20. The Hall–Kier alpha value is -1.49. The van der Waals surface area contributed by atoms with Crippen LogP contribution < -0.4 is 10.6 Å². The fourth-order valence-corrected chi connectivity index (χ4v) is 1.20. The van der Waals surface area contributed by atoms with Crippen molar-refractivity contribution in [1.29, 1.82) is 0 Å². The van der Waals surface area contributed by atoms with Gasteiger partial charge in [-0.3, -0.25) is 4.79 Å². The summed E-state index contributed by atoms with van der Waals surface area (Å²) >= 11 is 0. The van der Waals surface area contributed by atoms with Gasteiger partial charge in [0.1, 0.15) is 5.82 Å². The zero-order valence-corrected chi connectivity index (χ0v) is 10.9. The van der Waals surface area contributed by atoms with Crippen LogP contribution in [0, 0.1) is 6.92 Å². The average molecular weight is 236 g/mol. The van der Waals surface area contributed by atoms with E-state index in [1.54, 1.807) is 12.3 Å². The van der Waals surface area contributed by atoms with Crippen LogP contribution in [0.2, 0.25) is 0 Å². The van der Waals surface area contributed by atoms with Crippen LogP contribution >= 0.6 is 0 Å². The van der Waals surface area contributed by atoms with Crippen molar-refractivity contribution in [3.05, 3.63) is 23.8 Å². The fraction of sp³-hybridized carbons (Fsp3) is 0.583. The van der Waals surface area contributed by atoms with E-state index < -0.39 is 0 Å². The maximum absolute atomic E-state index is 11.5. The van der Waals surface area contributed by atoms with Crippen LogP contribution in [0.3, 0.4) is 0 Å². The Labute approximate surface area is 102 Å². The third-order valence-corrected chi connectivity index (χ3v) is 2.08. The predicted molar refractivity (Wildman–Crippen MR) is 66.4 cm³/mol. The second-order valence-corrected chi connectivity index (χ2v) is 4.98. The molecule has 0 aromatic carbocycles. The van der Waals surface area contributed by atoms with Crippen LogP contribution in [0.15, 0.2) is 12.3 Å². The molecule has 0 bridgehead atoms. The predicted octanol–water partition coefficient (Wildman–Crippen LogP) is 0.789. The first-order valence-electron chi connectivity index (χ1n) is 5.67. The molecule has 0 radical (unpaired) electrons. The van der Waals surface area contributed by atoms with Gasteiger partial charge in [-0.1, -0.05) is 0 Å². The summed E-state index contributed by atoms with van der Waals surface area (Å²) in [5.74, 6) is 0.681. The Morgan fingerprint density at radius 2 is 2.12 bits per heavy atom. The first-order valence-corrected chi connectivity index (χ1v) is 5.67. The Morgan fingerprint density at radius 1 is 1.41 bits per heavy atom. The molecule has 5 heteroatoms. The lowest BCUT2D eigenvalue weighted by molar-refractivity contribution is -0.120. The van der Waals surface area contributed by atoms with Crippen LogP contribution in [0.1, 0.15) is 32.3 Å². The molecular weight excluding hydrogens is 216 g/mol. The lowest BCUT2D eigenvalue weighted by atomic mass is 10.1. The minimum atomic E-state index is -0.0527. The summed E-state index contributed by atoms with van der Waals surface area (Å²) < 4.78 is 0. The third kappa shape index (κ3) is 5.97. The largest absolute Gasteiger partial charge is 0.349 e. The lowest BCUT2D eigenvalue weighted by Gasteiger charge is -2.19. The molecule has 1 amide bonds. The number of nitrogens with zero attached hydrogens (tertiary/aromatic N) is 2. The molecule has 0 atom stereocenters. The monoisotopic (exact) mass is 236 g/mol. The highest BCUT2D eigenvalue weighted by molar-refractivity contribution is 5.78. The van der Waals surface area contributed by atoms with Crippen molar-refractivity contribution in [2.45, 2.75) is 39.8 Å². The maximum atomic E-state index is 11.5. The second kappa shape index (κ2) is 5.72. The van der Waals surface area contributed by atoms with Crippen molar-refractivity contribution in [1.82, 2.24) is 20.6 Å². The molecule has 0 unspecified atom stereocenters. The molecule has 2 N–H and O–H groups in total. The average Bonchev–Trinajstić information content (AvgIpc) is 2.23. The van der Waals surface area contributed by atoms with E-state index in [2.05, 4.69) is 20.6 Å². The van der Waals surface area contributed by atoms with Gasteiger partial charge in [-0.15, -0.1) is 0 Å². The van der Waals surface area contributed by atoms with E-state index in [9.17, 15) is 4.79 Å². The van der Waals surface area contributed by atoms with Gasteiger partial charge in [0, 0.05) is 11.7 Å². The first-order chi connectivity index (χ1) is 7.87.